The molecule has 0 aliphatic carbocycles. The molecule has 1 aliphatic rings. The lowest BCUT2D eigenvalue weighted by Crippen LogP contribution is -2.55. The number of amides is 1. The number of aliphatic hydroxyl groups excluding tert-OH is 2. The van der Waals surface area contributed by atoms with Crippen molar-refractivity contribution in [1.82, 2.24) is 34.7 Å². The van der Waals surface area contributed by atoms with Gasteiger partial charge in [0.25, 0.3) is 5.91 Å². The van der Waals surface area contributed by atoms with Crippen LogP contribution in [0.5, 0.6) is 0 Å². The Kier molecular flexibility index (Phi) is 10.2. The van der Waals surface area contributed by atoms with E-state index in [4.69, 9.17) is 21.1 Å². The van der Waals surface area contributed by atoms with Crippen molar-refractivity contribution in [3.63, 3.8) is 0 Å². The summed E-state index contributed by atoms with van der Waals surface area (Å²) in [5.74, 6) is 0.459. The Morgan fingerprint density at radius 2 is 2.10 bits per heavy atom. The van der Waals surface area contributed by atoms with E-state index in [1.54, 1.807) is 35.6 Å². The molecule has 5 atom stereocenters. The number of aliphatic hydroxyl groups is 2. The van der Waals surface area contributed by atoms with E-state index in [2.05, 4.69) is 50.2 Å². The van der Waals surface area contributed by atoms with Gasteiger partial charge in [-0.2, -0.15) is 5.10 Å². The number of carbonyl (C=O) groups is 1. The van der Waals surface area contributed by atoms with Gasteiger partial charge in [-0.3, -0.25) is 4.79 Å². The lowest BCUT2D eigenvalue weighted by molar-refractivity contribution is -0.186. The molecule has 0 saturated carbocycles. The van der Waals surface area contributed by atoms with Crippen LogP contribution in [0.4, 0.5) is 0 Å². The molecule has 218 valence electrons. The van der Waals surface area contributed by atoms with E-state index in [-0.39, 0.29) is 23.6 Å². The molecule has 0 aromatic carbocycles. The summed E-state index contributed by atoms with van der Waals surface area (Å²) in [6.07, 6.45) is 1.95. The van der Waals surface area contributed by atoms with E-state index < -0.39 is 36.4 Å². The molecule has 1 aliphatic heterocycles. The highest BCUT2D eigenvalue weighted by Gasteiger charge is 2.48. The standard InChI is InChI=1S/C25H33BrClN7O5S/c1-13(2)10-32(14(3)4)24(37)20-17(8-15(26)9-28-20)40-25-23(38-5)21(22(36)16(12-35)39-25)34-11-19(29-31-34)33-7-6-18(27)30-33/h6-9,11,13-14,16,21-23,25,35-36H,10,12H2,1-5H3/t16?,21-,22-,23?,25+/m0/s1. The van der Waals surface area contributed by atoms with Gasteiger partial charge in [-0.15, -0.1) is 5.10 Å². The molecular formula is C25H33BrClN7O5S. The number of rotatable bonds is 10. The number of thioether (sulfide) groups is 1. The first-order chi connectivity index (χ1) is 19.0. The Hall–Kier alpha value is -2.07. The molecule has 4 rings (SSSR count). The fourth-order valence-corrected chi connectivity index (χ4v) is 6.43. The summed E-state index contributed by atoms with van der Waals surface area (Å²) in [5, 5.41) is 34.0. The predicted molar refractivity (Wildman–Crippen MR) is 153 cm³/mol. The summed E-state index contributed by atoms with van der Waals surface area (Å²) >= 11 is 10.6. The molecule has 2 N–H and O–H groups in total. The van der Waals surface area contributed by atoms with E-state index in [0.717, 1.165) is 0 Å². The third-order valence-electron chi connectivity index (χ3n) is 6.40. The number of aromatic nitrogens is 6. The van der Waals surface area contributed by atoms with Gasteiger partial charge in [-0.25, -0.2) is 14.3 Å². The van der Waals surface area contributed by atoms with Gasteiger partial charge in [0.05, 0.1) is 12.8 Å². The molecule has 1 amide bonds. The molecule has 3 aromatic heterocycles. The van der Waals surface area contributed by atoms with Gasteiger partial charge >= 0.3 is 0 Å². The van der Waals surface area contributed by atoms with E-state index in [9.17, 15) is 15.0 Å². The topological polar surface area (TPSA) is 141 Å². The third kappa shape index (κ3) is 6.69. The molecule has 1 saturated heterocycles. The molecule has 4 heterocycles. The van der Waals surface area contributed by atoms with Crippen LogP contribution in [-0.4, -0.2) is 101 Å². The number of nitrogens with zero attached hydrogens (tertiary/aromatic N) is 7. The van der Waals surface area contributed by atoms with E-state index >= 15 is 0 Å². The Bertz CT molecular complexity index is 1310. The minimum Gasteiger partial charge on any atom is -0.394 e. The van der Waals surface area contributed by atoms with E-state index in [1.165, 1.54) is 28.2 Å². The van der Waals surface area contributed by atoms with Crippen molar-refractivity contribution < 1.29 is 24.5 Å². The van der Waals surface area contributed by atoms with Crippen LogP contribution in [-0.2, 0) is 9.47 Å². The van der Waals surface area contributed by atoms with E-state index in [1.807, 2.05) is 13.8 Å². The minimum atomic E-state index is -1.17. The molecular weight excluding hydrogens is 626 g/mol. The number of hydrogen-bond donors (Lipinski definition) is 2. The van der Waals surface area contributed by atoms with Crippen molar-refractivity contribution in [2.45, 2.75) is 68.4 Å². The second-order valence-corrected chi connectivity index (χ2v) is 12.6. The van der Waals surface area contributed by atoms with Gasteiger partial charge in [0.2, 0.25) is 0 Å². The molecule has 12 nitrogen and oxygen atoms in total. The molecule has 0 radical (unpaired) electrons. The fraction of sp³-hybridized carbons (Fsp3) is 0.560. The Balaban J connectivity index is 1.68. The smallest absolute Gasteiger partial charge is 0.273 e. The molecule has 0 spiro atoms. The van der Waals surface area contributed by atoms with Crippen LogP contribution in [0, 0.1) is 5.92 Å². The lowest BCUT2D eigenvalue weighted by Gasteiger charge is -2.43. The summed E-state index contributed by atoms with van der Waals surface area (Å²) in [7, 11) is 1.50. The summed E-state index contributed by atoms with van der Waals surface area (Å²) < 4.78 is 15.6. The van der Waals surface area contributed by atoms with Gasteiger partial charge in [-0.1, -0.05) is 42.4 Å². The van der Waals surface area contributed by atoms with Crippen molar-refractivity contribution in [3.05, 3.63) is 46.0 Å². The number of ether oxygens (including phenoxy) is 2. The summed E-state index contributed by atoms with van der Waals surface area (Å²) in [4.78, 5) is 20.5. The SMILES string of the molecule is COC1[C@@H](Sc2cc(Br)cnc2C(=O)N(CC(C)C)C(C)C)OC(CO)[C@H](O)[C@@H]1n1cc(-n2ccc(Cl)n2)nn1. The first kappa shape index (κ1) is 30.9. The van der Waals surface area contributed by atoms with Crippen LogP contribution in [0.15, 0.2) is 40.1 Å². The molecule has 3 aromatic rings. The average molecular weight is 659 g/mol. The van der Waals surface area contributed by atoms with Crippen molar-refractivity contribution in [3.8, 4) is 5.82 Å². The lowest BCUT2D eigenvalue weighted by atomic mass is 9.97. The van der Waals surface area contributed by atoms with Crippen LogP contribution in [0.25, 0.3) is 5.82 Å². The van der Waals surface area contributed by atoms with Gasteiger partial charge < -0.3 is 24.6 Å². The largest absolute Gasteiger partial charge is 0.394 e. The van der Waals surface area contributed by atoms with Crippen LogP contribution >= 0.6 is 39.3 Å². The molecule has 0 bridgehead atoms. The monoisotopic (exact) mass is 657 g/mol. The summed E-state index contributed by atoms with van der Waals surface area (Å²) in [6.45, 7) is 8.19. The zero-order chi connectivity index (χ0) is 29.1. The quantitative estimate of drug-likeness (QED) is 0.334. The highest BCUT2D eigenvalue weighted by molar-refractivity contribution is 9.10. The maximum Gasteiger partial charge on any atom is 0.273 e. The van der Waals surface area contributed by atoms with Crippen LogP contribution in [0.2, 0.25) is 5.15 Å². The maximum absolute atomic E-state index is 13.7. The number of pyridine rings is 1. The zero-order valence-electron chi connectivity index (χ0n) is 22.8. The normalized spacial score (nSPS) is 23.2. The predicted octanol–water partition coefficient (Wildman–Crippen LogP) is 3.21. The second kappa shape index (κ2) is 13.3. The van der Waals surface area contributed by atoms with Crippen molar-refractivity contribution in [2.75, 3.05) is 20.3 Å². The maximum atomic E-state index is 13.7. The van der Waals surface area contributed by atoms with Crippen molar-refractivity contribution in [1.29, 1.82) is 0 Å². The van der Waals surface area contributed by atoms with Gasteiger partial charge in [0.1, 0.15) is 35.5 Å². The zero-order valence-corrected chi connectivity index (χ0v) is 25.9. The summed E-state index contributed by atoms with van der Waals surface area (Å²) in [6, 6.07) is 2.61. The Labute approximate surface area is 250 Å². The van der Waals surface area contributed by atoms with Crippen molar-refractivity contribution in [2.24, 2.45) is 5.92 Å². The number of methoxy groups -OCH3 is 1. The van der Waals surface area contributed by atoms with Crippen molar-refractivity contribution >= 4 is 45.2 Å². The molecule has 15 heteroatoms. The minimum absolute atomic E-state index is 0.0275. The van der Waals surface area contributed by atoms with Gasteiger partial charge in [0, 0.05) is 41.5 Å². The first-order valence-corrected chi connectivity index (χ1v) is 14.8. The van der Waals surface area contributed by atoms with Gasteiger partial charge in [-0.05, 0) is 47.8 Å². The van der Waals surface area contributed by atoms with Crippen LogP contribution in [0.1, 0.15) is 44.2 Å². The van der Waals surface area contributed by atoms with Crippen LogP contribution < -0.4 is 0 Å². The Morgan fingerprint density at radius 1 is 1.35 bits per heavy atom. The second-order valence-electron chi connectivity index (χ2n) is 10.1. The number of halogens is 2. The third-order valence-corrected chi connectivity index (χ3v) is 8.21. The molecule has 40 heavy (non-hydrogen) atoms. The van der Waals surface area contributed by atoms with Gasteiger partial charge in [0.15, 0.2) is 11.0 Å². The summed E-state index contributed by atoms with van der Waals surface area (Å²) in [5.41, 5.74) is -0.467. The first-order valence-electron chi connectivity index (χ1n) is 12.8. The number of carbonyl (C=O) groups excluding carboxylic acids is 1. The molecule has 2 unspecified atom stereocenters. The highest BCUT2D eigenvalue weighted by atomic mass is 79.9. The number of hydrogen-bond acceptors (Lipinski definition) is 10. The van der Waals surface area contributed by atoms with Crippen LogP contribution in [0.3, 0.4) is 0 Å². The molecule has 1 fully saturated rings. The fourth-order valence-electron chi connectivity index (χ4n) is 4.51. The Morgan fingerprint density at radius 3 is 2.70 bits per heavy atom. The highest BCUT2D eigenvalue weighted by Crippen LogP contribution is 2.41. The van der Waals surface area contributed by atoms with E-state index in [0.29, 0.717) is 26.9 Å². The average Bonchev–Trinajstić information content (AvgIpc) is 3.56.